The number of aliphatic carboxylic acids is 1. The van der Waals surface area contributed by atoms with Gasteiger partial charge < -0.3 is 9.84 Å². The minimum absolute atomic E-state index is 0.179. The summed E-state index contributed by atoms with van der Waals surface area (Å²) < 4.78 is 6.06. The van der Waals surface area contributed by atoms with E-state index in [0.29, 0.717) is 6.42 Å². The van der Waals surface area contributed by atoms with Crippen LogP contribution in [0.15, 0.2) is 48.5 Å². The molecule has 3 nitrogen and oxygen atoms in total. The molecule has 3 rings (SSSR count). The van der Waals surface area contributed by atoms with Gasteiger partial charge in [0.2, 0.25) is 0 Å². The van der Waals surface area contributed by atoms with Crippen molar-refractivity contribution in [2.24, 2.45) is 0 Å². The molecule has 0 amide bonds. The van der Waals surface area contributed by atoms with Crippen molar-refractivity contribution in [1.82, 2.24) is 0 Å². The Labute approximate surface area is 143 Å². The first-order valence-corrected chi connectivity index (χ1v) is 8.75. The highest BCUT2D eigenvalue weighted by molar-refractivity contribution is 5.67. The first-order valence-electron chi connectivity index (χ1n) is 8.75. The molecule has 0 unspecified atom stereocenters. The Kier molecular flexibility index (Phi) is 5.52. The summed E-state index contributed by atoms with van der Waals surface area (Å²) in [6.07, 6.45) is 6.41. The average Bonchev–Trinajstić information content (AvgIpc) is 3.01. The fourth-order valence-corrected chi connectivity index (χ4v) is 3.38. The number of ether oxygens (including phenoxy) is 1. The molecule has 1 aliphatic rings. The monoisotopic (exact) mass is 324 g/mol. The average molecular weight is 324 g/mol. The van der Waals surface area contributed by atoms with Gasteiger partial charge >= 0.3 is 5.97 Å². The quantitative estimate of drug-likeness (QED) is 0.731. The molecular weight excluding hydrogens is 300 g/mol. The summed E-state index contributed by atoms with van der Waals surface area (Å²) in [4.78, 5) is 10.8. The van der Waals surface area contributed by atoms with E-state index < -0.39 is 5.97 Å². The van der Waals surface area contributed by atoms with Crippen LogP contribution >= 0.6 is 0 Å². The molecule has 0 aromatic heterocycles. The maximum Gasteiger partial charge on any atom is 0.303 e. The zero-order valence-electron chi connectivity index (χ0n) is 13.9. The number of unbranched alkanes of at least 4 members (excludes halogenated alkanes) is 1. The van der Waals surface area contributed by atoms with E-state index in [0.717, 1.165) is 37.0 Å². The molecule has 3 heteroatoms. The van der Waals surface area contributed by atoms with Crippen LogP contribution in [0.2, 0.25) is 0 Å². The number of aryl methyl sites for hydroxylation is 2. The summed E-state index contributed by atoms with van der Waals surface area (Å²) in [6.45, 7) is 0. The Bertz CT molecular complexity index is 679. The van der Waals surface area contributed by atoms with E-state index >= 15 is 0 Å². The molecule has 0 spiro atoms. The lowest BCUT2D eigenvalue weighted by atomic mass is 9.97. The van der Waals surface area contributed by atoms with Gasteiger partial charge in [0, 0.05) is 18.4 Å². The van der Waals surface area contributed by atoms with Crippen LogP contribution in [0.25, 0.3) is 0 Å². The fraction of sp³-hybridized carbons (Fsp3) is 0.381. The number of rotatable bonds is 8. The number of carboxylic acids is 1. The Morgan fingerprint density at radius 3 is 2.67 bits per heavy atom. The molecule has 1 heterocycles. The molecule has 2 aromatic rings. The second-order valence-electron chi connectivity index (χ2n) is 6.46. The third kappa shape index (κ3) is 4.38. The maximum atomic E-state index is 10.8. The lowest BCUT2D eigenvalue weighted by Crippen LogP contribution is -2.12. The van der Waals surface area contributed by atoms with Crippen molar-refractivity contribution in [2.75, 3.05) is 0 Å². The van der Waals surface area contributed by atoms with E-state index in [9.17, 15) is 4.79 Å². The smallest absolute Gasteiger partial charge is 0.303 e. The van der Waals surface area contributed by atoms with Crippen molar-refractivity contribution in [3.8, 4) is 5.75 Å². The van der Waals surface area contributed by atoms with Crippen LogP contribution in [0.3, 0.4) is 0 Å². The molecule has 1 atom stereocenters. The molecule has 1 aliphatic heterocycles. The highest BCUT2D eigenvalue weighted by Crippen LogP contribution is 2.33. The van der Waals surface area contributed by atoms with Gasteiger partial charge in [-0.05, 0) is 49.3 Å². The topological polar surface area (TPSA) is 46.5 Å². The molecule has 0 fully saturated rings. The Morgan fingerprint density at radius 1 is 1.04 bits per heavy atom. The highest BCUT2D eigenvalue weighted by Gasteiger charge is 2.24. The van der Waals surface area contributed by atoms with Gasteiger partial charge in [0.25, 0.3) is 0 Å². The number of carboxylic acid groups (broad SMARTS) is 1. The normalized spacial score (nSPS) is 15.8. The van der Waals surface area contributed by atoms with Crippen LogP contribution in [0.4, 0.5) is 0 Å². The van der Waals surface area contributed by atoms with Crippen LogP contribution in [-0.4, -0.2) is 17.2 Å². The van der Waals surface area contributed by atoms with Crippen molar-refractivity contribution in [2.45, 2.75) is 51.0 Å². The Morgan fingerprint density at radius 2 is 1.88 bits per heavy atom. The van der Waals surface area contributed by atoms with Gasteiger partial charge in [-0.3, -0.25) is 4.79 Å². The van der Waals surface area contributed by atoms with Gasteiger partial charge in [-0.1, -0.05) is 42.5 Å². The molecule has 0 saturated heterocycles. The summed E-state index contributed by atoms with van der Waals surface area (Å²) in [5, 5.41) is 8.88. The molecule has 24 heavy (non-hydrogen) atoms. The molecule has 1 N–H and O–H groups in total. The predicted molar refractivity (Wildman–Crippen MR) is 94.5 cm³/mol. The fourth-order valence-electron chi connectivity index (χ4n) is 3.38. The van der Waals surface area contributed by atoms with Crippen LogP contribution in [0.5, 0.6) is 5.75 Å². The van der Waals surface area contributed by atoms with E-state index in [2.05, 4.69) is 30.3 Å². The van der Waals surface area contributed by atoms with Gasteiger partial charge in [-0.15, -0.1) is 0 Å². The summed E-state index contributed by atoms with van der Waals surface area (Å²) in [6, 6.07) is 16.6. The summed E-state index contributed by atoms with van der Waals surface area (Å²) in [5.41, 5.74) is 3.73. The minimum atomic E-state index is -0.746. The van der Waals surface area contributed by atoms with E-state index in [1.807, 2.05) is 18.2 Å². The molecule has 0 bridgehead atoms. The van der Waals surface area contributed by atoms with Crippen molar-refractivity contribution < 1.29 is 14.6 Å². The highest BCUT2D eigenvalue weighted by atomic mass is 16.5. The standard InChI is InChI=1S/C21H24O3/c22-21(23)14-13-17-10-6-12-20-19(17)15-18(24-20)11-5-4-9-16-7-2-1-3-8-16/h1-3,6-8,10,12,18H,4-5,9,11,13-15H2,(H,22,23)/t18-/m1/s1. The van der Waals surface area contributed by atoms with Gasteiger partial charge in [-0.25, -0.2) is 0 Å². The first-order chi connectivity index (χ1) is 11.7. The second-order valence-corrected chi connectivity index (χ2v) is 6.46. The van der Waals surface area contributed by atoms with Crippen molar-refractivity contribution in [1.29, 1.82) is 0 Å². The Hall–Kier alpha value is -2.29. The third-order valence-electron chi connectivity index (χ3n) is 4.65. The summed E-state index contributed by atoms with van der Waals surface area (Å²) >= 11 is 0. The lowest BCUT2D eigenvalue weighted by molar-refractivity contribution is -0.136. The molecule has 0 saturated carbocycles. The largest absolute Gasteiger partial charge is 0.490 e. The third-order valence-corrected chi connectivity index (χ3v) is 4.65. The van der Waals surface area contributed by atoms with E-state index in [1.165, 1.54) is 17.5 Å². The molecule has 0 radical (unpaired) electrons. The zero-order chi connectivity index (χ0) is 16.8. The van der Waals surface area contributed by atoms with Gasteiger partial charge in [0.1, 0.15) is 11.9 Å². The number of benzene rings is 2. The molecular formula is C21H24O3. The summed E-state index contributed by atoms with van der Waals surface area (Å²) in [7, 11) is 0. The van der Waals surface area contributed by atoms with E-state index in [-0.39, 0.29) is 12.5 Å². The minimum Gasteiger partial charge on any atom is -0.490 e. The van der Waals surface area contributed by atoms with Crippen LogP contribution in [0, 0.1) is 0 Å². The molecule has 126 valence electrons. The zero-order valence-corrected chi connectivity index (χ0v) is 13.9. The molecule has 0 aliphatic carbocycles. The van der Waals surface area contributed by atoms with Crippen molar-refractivity contribution >= 4 is 5.97 Å². The number of carbonyl (C=O) groups is 1. The Balaban J connectivity index is 1.47. The van der Waals surface area contributed by atoms with Gasteiger partial charge in [0.05, 0.1) is 0 Å². The maximum absolute atomic E-state index is 10.8. The van der Waals surface area contributed by atoms with Crippen LogP contribution in [0.1, 0.15) is 42.4 Å². The predicted octanol–water partition coefficient (Wildman–Crippen LogP) is 4.42. The van der Waals surface area contributed by atoms with Crippen molar-refractivity contribution in [3.63, 3.8) is 0 Å². The van der Waals surface area contributed by atoms with Crippen LogP contribution in [-0.2, 0) is 24.1 Å². The number of fused-ring (bicyclic) bond motifs is 1. The SMILES string of the molecule is O=C(O)CCc1cccc2c1C[C@@H](CCCCc1ccccc1)O2. The van der Waals surface area contributed by atoms with Gasteiger partial charge in [0.15, 0.2) is 0 Å². The summed E-state index contributed by atoms with van der Waals surface area (Å²) in [5.74, 6) is 0.204. The number of hydrogen-bond acceptors (Lipinski definition) is 2. The van der Waals surface area contributed by atoms with Gasteiger partial charge in [-0.2, -0.15) is 0 Å². The van der Waals surface area contributed by atoms with E-state index in [4.69, 9.17) is 9.84 Å². The molecule has 2 aromatic carbocycles. The second kappa shape index (κ2) is 8.00. The van der Waals surface area contributed by atoms with Crippen molar-refractivity contribution in [3.05, 3.63) is 65.2 Å². The number of hydrogen-bond donors (Lipinski definition) is 1. The lowest BCUT2D eigenvalue weighted by Gasteiger charge is -2.10. The van der Waals surface area contributed by atoms with Crippen LogP contribution < -0.4 is 4.74 Å². The van der Waals surface area contributed by atoms with E-state index in [1.54, 1.807) is 0 Å². The first kappa shape index (κ1) is 16.6.